The van der Waals surface area contributed by atoms with Crippen molar-refractivity contribution < 1.29 is 0 Å². The van der Waals surface area contributed by atoms with Crippen LogP contribution in [0.1, 0.15) is 18.9 Å². The molecule has 1 atom stereocenters. The second-order valence-corrected chi connectivity index (χ2v) is 3.56. The molecule has 1 fully saturated rings. The van der Waals surface area contributed by atoms with E-state index in [2.05, 4.69) is 48.6 Å². The van der Waals surface area contributed by atoms with Crippen molar-refractivity contribution in [3.63, 3.8) is 0 Å². The molecule has 13 heavy (non-hydrogen) atoms. The Morgan fingerprint density at radius 2 is 2.08 bits per heavy atom. The summed E-state index contributed by atoms with van der Waals surface area (Å²) in [6, 6.07) is 11.1. The van der Waals surface area contributed by atoms with Crippen LogP contribution in [0.25, 0.3) is 6.08 Å². The van der Waals surface area contributed by atoms with Gasteiger partial charge in [-0.2, -0.15) is 0 Å². The highest BCUT2D eigenvalue weighted by Crippen LogP contribution is 2.17. The zero-order valence-corrected chi connectivity index (χ0v) is 7.96. The molecule has 1 saturated heterocycles. The lowest BCUT2D eigenvalue weighted by molar-refractivity contribution is 0.722. The quantitative estimate of drug-likeness (QED) is 0.688. The lowest BCUT2D eigenvalue weighted by Crippen LogP contribution is -2.17. The maximum absolute atomic E-state index is 3.42. The molecule has 1 aliphatic rings. The monoisotopic (exact) mass is 173 g/mol. The summed E-state index contributed by atoms with van der Waals surface area (Å²) in [7, 11) is 0. The molecule has 0 saturated carbocycles. The Morgan fingerprint density at radius 1 is 1.31 bits per heavy atom. The summed E-state index contributed by atoms with van der Waals surface area (Å²) in [6.45, 7) is 3.35. The Hall–Kier alpha value is -1.08. The molecule has 0 spiro atoms. The third kappa shape index (κ3) is 1.99. The largest absolute Gasteiger partial charge is 0.310 e. The molecule has 1 nitrogen and oxygen atoms in total. The number of nitrogens with one attached hydrogen (secondary N) is 1. The lowest BCUT2D eigenvalue weighted by Gasteiger charge is -2.04. The average molecular weight is 173 g/mol. The molecule has 0 unspecified atom stereocenters. The summed E-state index contributed by atoms with van der Waals surface area (Å²) in [5.74, 6) is 0. The molecule has 1 heterocycles. The van der Waals surface area contributed by atoms with Crippen molar-refractivity contribution in [2.75, 3.05) is 6.54 Å². The molecule has 1 aromatic rings. The van der Waals surface area contributed by atoms with E-state index in [1.807, 2.05) is 0 Å². The maximum atomic E-state index is 3.42. The van der Waals surface area contributed by atoms with Crippen molar-refractivity contribution in [2.45, 2.75) is 19.4 Å². The predicted molar refractivity (Wildman–Crippen MR) is 56.5 cm³/mol. The van der Waals surface area contributed by atoms with Crippen LogP contribution in [0.2, 0.25) is 0 Å². The van der Waals surface area contributed by atoms with Crippen LogP contribution in [-0.4, -0.2) is 12.6 Å². The van der Waals surface area contributed by atoms with E-state index < -0.39 is 0 Å². The van der Waals surface area contributed by atoms with Crippen molar-refractivity contribution in [3.05, 3.63) is 41.5 Å². The summed E-state index contributed by atoms with van der Waals surface area (Å²) in [5, 5.41) is 3.42. The summed E-state index contributed by atoms with van der Waals surface area (Å²) >= 11 is 0. The van der Waals surface area contributed by atoms with Gasteiger partial charge in [-0.3, -0.25) is 0 Å². The molecule has 2 rings (SSSR count). The molecule has 1 aliphatic heterocycles. The minimum absolute atomic E-state index is 0.556. The molecule has 0 radical (unpaired) electrons. The maximum Gasteiger partial charge on any atom is 0.0255 e. The first-order valence-electron chi connectivity index (χ1n) is 4.85. The smallest absolute Gasteiger partial charge is 0.0255 e. The first kappa shape index (κ1) is 8.52. The molecule has 1 aromatic carbocycles. The van der Waals surface area contributed by atoms with Gasteiger partial charge in [0, 0.05) is 6.04 Å². The number of hydrogen-bond donors (Lipinski definition) is 1. The predicted octanol–water partition coefficient (Wildman–Crippen LogP) is 2.45. The van der Waals surface area contributed by atoms with Gasteiger partial charge in [0.2, 0.25) is 0 Å². The van der Waals surface area contributed by atoms with E-state index >= 15 is 0 Å². The normalized spacial score (nSPS) is 25.3. The van der Waals surface area contributed by atoms with Gasteiger partial charge in [-0.1, -0.05) is 42.0 Å². The van der Waals surface area contributed by atoms with E-state index in [-0.39, 0.29) is 0 Å². The molecule has 0 aromatic heterocycles. The third-order valence-electron chi connectivity index (χ3n) is 2.57. The fourth-order valence-electron chi connectivity index (χ4n) is 1.74. The van der Waals surface area contributed by atoms with Gasteiger partial charge in [-0.15, -0.1) is 0 Å². The van der Waals surface area contributed by atoms with Crippen molar-refractivity contribution in [2.24, 2.45) is 0 Å². The van der Waals surface area contributed by atoms with Crippen LogP contribution in [0.5, 0.6) is 0 Å². The van der Waals surface area contributed by atoms with E-state index in [1.165, 1.54) is 17.6 Å². The Balaban J connectivity index is 2.20. The Bertz CT molecular complexity index is 300. The molecular weight excluding hydrogens is 158 g/mol. The van der Waals surface area contributed by atoms with Gasteiger partial charge in [0.25, 0.3) is 0 Å². The molecule has 68 valence electrons. The SMILES string of the molecule is C[C@@H]1NCC/C1=C\c1ccccc1. The van der Waals surface area contributed by atoms with Crippen molar-refractivity contribution in [1.82, 2.24) is 5.32 Å². The second-order valence-electron chi connectivity index (χ2n) is 3.56. The van der Waals surface area contributed by atoms with Gasteiger partial charge in [0.1, 0.15) is 0 Å². The second kappa shape index (κ2) is 3.75. The highest BCUT2D eigenvalue weighted by atomic mass is 14.9. The summed E-state index contributed by atoms with van der Waals surface area (Å²) in [6.07, 6.45) is 3.49. The fourth-order valence-corrected chi connectivity index (χ4v) is 1.74. The summed E-state index contributed by atoms with van der Waals surface area (Å²) in [4.78, 5) is 0. The van der Waals surface area contributed by atoms with Gasteiger partial charge in [-0.05, 0) is 25.5 Å². The van der Waals surface area contributed by atoms with Crippen LogP contribution in [0.15, 0.2) is 35.9 Å². The fraction of sp³-hybridized carbons (Fsp3) is 0.333. The van der Waals surface area contributed by atoms with Crippen LogP contribution in [0, 0.1) is 0 Å². The Kier molecular flexibility index (Phi) is 2.46. The Labute approximate surface area is 79.5 Å². The third-order valence-corrected chi connectivity index (χ3v) is 2.57. The molecule has 1 N–H and O–H groups in total. The van der Waals surface area contributed by atoms with Gasteiger partial charge in [0.05, 0.1) is 0 Å². The molecule has 1 heteroatoms. The minimum Gasteiger partial charge on any atom is -0.310 e. The van der Waals surface area contributed by atoms with E-state index in [0.29, 0.717) is 6.04 Å². The van der Waals surface area contributed by atoms with Gasteiger partial charge >= 0.3 is 0 Å². The van der Waals surface area contributed by atoms with Gasteiger partial charge in [-0.25, -0.2) is 0 Å². The average Bonchev–Trinajstić information content (AvgIpc) is 2.54. The highest BCUT2D eigenvalue weighted by molar-refractivity contribution is 5.54. The summed E-state index contributed by atoms with van der Waals surface area (Å²) < 4.78 is 0. The standard InChI is InChI=1S/C12H15N/c1-10-12(7-8-13-10)9-11-5-3-2-4-6-11/h2-6,9-10,13H,7-8H2,1H3/b12-9+/t10-/m0/s1. The van der Waals surface area contributed by atoms with Gasteiger partial charge in [0.15, 0.2) is 0 Å². The molecule has 0 aliphatic carbocycles. The zero-order valence-electron chi connectivity index (χ0n) is 7.96. The first-order chi connectivity index (χ1) is 6.36. The number of rotatable bonds is 1. The van der Waals surface area contributed by atoms with Crippen LogP contribution in [0.3, 0.4) is 0 Å². The van der Waals surface area contributed by atoms with E-state index in [0.717, 1.165) is 6.54 Å². The van der Waals surface area contributed by atoms with Gasteiger partial charge < -0.3 is 5.32 Å². The summed E-state index contributed by atoms with van der Waals surface area (Å²) in [5.41, 5.74) is 2.83. The topological polar surface area (TPSA) is 12.0 Å². The highest BCUT2D eigenvalue weighted by Gasteiger charge is 2.14. The van der Waals surface area contributed by atoms with Crippen LogP contribution in [-0.2, 0) is 0 Å². The zero-order chi connectivity index (χ0) is 9.10. The number of hydrogen-bond acceptors (Lipinski definition) is 1. The lowest BCUT2D eigenvalue weighted by atomic mass is 10.1. The van der Waals surface area contributed by atoms with E-state index in [1.54, 1.807) is 0 Å². The molecule has 0 amide bonds. The van der Waals surface area contributed by atoms with Crippen LogP contribution in [0.4, 0.5) is 0 Å². The van der Waals surface area contributed by atoms with Crippen molar-refractivity contribution in [1.29, 1.82) is 0 Å². The Morgan fingerprint density at radius 3 is 2.69 bits per heavy atom. The van der Waals surface area contributed by atoms with Crippen LogP contribution < -0.4 is 5.32 Å². The first-order valence-corrected chi connectivity index (χ1v) is 4.85. The van der Waals surface area contributed by atoms with E-state index in [4.69, 9.17) is 0 Å². The van der Waals surface area contributed by atoms with E-state index in [9.17, 15) is 0 Å². The molecule has 0 bridgehead atoms. The molecular formula is C12H15N. The van der Waals surface area contributed by atoms with Crippen molar-refractivity contribution >= 4 is 6.08 Å². The van der Waals surface area contributed by atoms with Crippen LogP contribution >= 0.6 is 0 Å². The number of benzene rings is 1. The minimum atomic E-state index is 0.556. The van der Waals surface area contributed by atoms with Crippen molar-refractivity contribution in [3.8, 4) is 0 Å².